The van der Waals surface area contributed by atoms with E-state index in [9.17, 15) is 16.8 Å². The van der Waals surface area contributed by atoms with Crippen LogP contribution in [0.3, 0.4) is 0 Å². The first-order valence-corrected chi connectivity index (χ1v) is 28.6. The molecule has 8 rings (SSSR count). The lowest BCUT2D eigenvalue weighted by Crippen LogP contribution is -2.32. The van der Waals surface area contributed by atoms with Crippen molar-refractivity contribution < 1.29 is 54.7 Å². The van der Waals surface area contributed by atoms with Crippen LogP contribution in [-0.4, -0.2) is 131 Å². The molecule has 4 aromatic heterocycles. The van der Waals surface area contributed by atoms with Gasteiger partial charge in [0.1, 0.15) is 70.3 Å². The zero-order valence-corrected chi connectivity index (χ0v) is 46.9. The van der Waals surface area contributed by atoms with Gasteiger partial charge in [-0.15, -0.1) is 20.4 Å². The van der Waals surface area contributed by atoms with Gasteiger partial charge in [0.25, 0.3) is 0 Å². The van der Waals surface area contributed by atoms with E-state index in [1.54, 1.807) is 113 Å². The Morgan fingerprint density at radius 1 is 0.539 bits per heavy atom. The average molecular weight is 1090 g/mol. The Balaban J connectivity index is 0.000000221. The second-order valence-corrected chi connectivity index (χ2v) is 23.8. The zero-order valence-electron chi connectivity index (χ0n) is 45.2. The first kappa shape index (κ1) is 57.5. The normalized spacial score (nSPS) is 17.5. The Bertz CT molecular complexity index is 2840. The molecular weight excluding hydrogens is 1020 g/mol. The molecule has 24 heteroatoms. The first-order chi connectivity index (χ1) is 36.3. The minimum Gasteiger partial charge on any atom is -0.494 e. The van der Waals surface area contributed by atoms with Gasteiger partial charge in [0.15, 0.2) is 54.6 Å². The molecule has 0 N–H and O–H groups in total. The van der Waals surface area contributed by atoms with E-state index in [0.29, 0.717) is 70.9 Å². The molecule has 0 amide bonds. The van der Waals surface area contributed by atoms with Gasteiger partial charge in [-0.3, -0.25) is 9.13 Å². The van der Waals surface area contributed by atoms with Gasteiger partial charge in [0.05, 0.1) is 51.1 Å². The Labute approximate surface area is 445 Å². The summed E-state index contributed by atoms with van der Waals surface area (Å²) < 4.78 is 105. The van der Waals surface area contributed by atoms with Crippen LogP contribution >= 0.6 is 0 Å². The Kier molecular flexibility index (Phi) is 19.2. The lowest BCUT2D eigenvalue weighted by molar-refractivity contribution is 0.00120. The van der Waals surface area contributed by atoms with Gasteiger partial charge in [-0.2, -0.15) is 0 Å². The SMILES string of the molecule is COc1cccc(OC)c1-n1c(CS(=O)(=O)[C@@H](C)[C@@H](OC(C)C)c2ncc(C)cn2)nnc1[C@@H]1CCCO1.COc1cccc(OC)c1-n1c(CS(=O)(=O)[C@@H](C)[C@@H](OC(C)C)c2ncc(C)cn2)nnc1[C@H]1CCCO1. The van der Waals surface area contributed by atoms with Crippen molar-refractivity contribution >= 4 is 19.7 Å². The number of aryl methyl sites for hydroxylation is 2. The minimum absolute atomic E-state index is 0.221. The monoisotopic (exact) mass is 1090 g/mol. The number of benzene rings is 2. The fourth-order valence-electron chi connectivity index (χ4n) is 8.87. The van der Waals surface area contributed by atoms with E-state index in [0.717, 1.165) is 36.8 Å². The molecule has 22 nitrogen and oxygen atoms in total. The van der Waals surface area contributed by atoms with Crippen molar-refractivity contribution in [2.24, 2.45) is 0 Å². The number of para-hydroxylation sites is 2. The third kappa shape index (κ3) is 13.1. The van der Waals surface area contributed by atoms with Gasteiger partial charge in [-0.25, -0.2) is 36.8 Å². The third-order valence-corrected chi connectivity index (χ3v) is 16.9. The van der Waals surface area contributed by atoms with Gasteiger partial charge in [0.2, 0.25) is 0 Å². The topological polar surface area (TPSA) is 255 Å². The highest BCUT2D eigenvalue weighted by Gasteiger charge is 2.39. The number of hydrogen-bond donors (Lipinski definition) is 0. The van der Waals surface area contributed by atoms with Crippen LogP contribution in [0.25, 0.3) is 11.4 Å². The third-order valence-electron chi connectivity index (χ3n) is 12.8. The summed E-state index contributed by atoms with van der Waals surface area (Å²) in [6.45, 7) is 15.5. The summed E-state index contributed by atoms with van der Waals surface area (Å²) in [6.07, 6.45) is 6.96. The lowest BCUT2D eigenvalue weighted by Gasteiger charge is -2.25. The van der Waals surface area contributed by atoms with Crippen LogP contribution in [0.1, 0.15) is 138 Å². The molecule has 412 valence electrons. The van der Waals surface area contributed by atoms with Crippen LogP contribution in [0.2, 0.25) is 0 Å². The minimum atomic E-state index is -3.85. The highest BCUT2D eigenvalue weighted by Crippen LogP contribution is 2.41. The highest BCUT2D eigenvalue weighted by atomic mass is 32.2. The summed E-state index contributed by atoms with van der Waals surface area (Å²) >= 11 is 0. The number of ether oxygens (including phenoxy) is 8. The Morgan fingerprint density at radius 2 is 0.868 bits per heavy atom. The van der Waals surface area contributed by atoms with Crippen LogP contribution in [-0.2, 0) is 50.1 Å². The van der Waals surface area contributed by atoms with Crippen LogP contribution in [0, 0.1) is 13.8 Å². The molecule has 0 saturated carbocycles. The molecule has 6 heterocycles. The maximum absolute atomic E-state index is 13.9. The number of sulfone groups is 2. The van der Waals surface area contributed by atoms with Gasteiger partial charge < -0.3 is 37.9 Å². The van der Waals surface area contributed by atoms with Crippen molar-refractivity contribution in [1.82, 2.24) is 49.5 Å². The molecule has 0 spiro atoms. The summed E-state index contributed by atoms with van der Waals surface area (Å²) in [5, 5.41) is 15.5. The molecule has 2 aliphatic heterocycles. The maximum atomic E-state index is 13.9. The van der Waals surface area contributed by atoms with Crippen molar-refractivity contribution in [1.29, 1.82) is 0 Å². The molecule has 0 bridgehead atoms. The quantitative estimate of drug-likeness (QED) is 0.0641. The zero-order chi connectivity index (χ0) is 54.9. The number of rotatable bonds is 22. The molecule has 6 aromatic rings. The summed E-state index contributed by atoms with van der Waals surface area (Å²) in [6, 6.07) is 10.7. The lowest BCUT2D eigenvalue weighted by atomic mass is 10.2. The van der Waals surface area contributed by atoms with E-state index in [-0.39, 0.29) is 36.1 Å². The van der Waals surface area contributed by atoms with E-state index >= 15 is 0 Å². The molecule has 76 heavy (non-hydrogen) atoms. The summed E-state index contributed by atoms with van der Waals surface area (Å²) in [4.78, 5) is 17.4. The first-order valence-electron chi connectivity index (χ1n) is 25.2. The average Bonchev–Trinajstić information content (AvgIpc) is 4.26. The molecule has 2 aliphatic rings. The summed E-state index contributed by atoms with van der Waals surface area (Å²) in [7, 11) is -1.52. The van der Waals surface area contributed by atoms with E-state index in [1.165, 1.54) is 0 Å². The van der Waals surface area contributed by atoms with Crippen LogP contribution in [0.4, 0.5) is 0 Å². The van der Waals surface area contributed by atoms with E-state index < -0.39 is 53.9 Å². The van der Waals surface area contributed by atoms with Crippen molar-refractivity contribution in [3.8, 4) is 34.4 Å². The molecular formula is C52H70N10O12S2. The molecule has 2 aromatic carbocycles. The molecule has 0 aliphatic carbocycles. The van der Waals surface area contributed by atoms with Crippen molar-refractivity contribution in [2.45, 2.75) is 140 Å². The smallest absolute Gasteiger partial charge is 0.167 e. The Hall–Kier alpha value is -6.18. The standard InChI is InChI=1S/2C26H35N5O6S/c2*1-16(2)37-24(25-27-13-17(3)14-28-25)18(4)38(32,33)15-22-29-30-26(21-11-8-12-36-21)31(22)23-19(34-5)9-7-10-20(23)35-6/h2*7,9-10,13-14,16,18,21,24H,8,11-12,15H2,1-6H3/t18-,21+,24+;18-,21-,24+/m00/s1. The number of methoxy groups -OCH3 is 4. The predicted octanol–water partition coefficient (Wildman–Crippen LogP) is 7.41. The molecule has 6 atom stereocenters. The van der Waals surface area contributed by atoms with Crippen molar-refractivity contribution in [3.63, 3.8) is 0 Å². The fraction of sp³-hybridized carbons (Fsp3) is 0.538. The van der Waals surface area contributed by atoms with E-state index in [1.807, 2.05) is 41.5 Å². The van der Waals surface area contributed by atoms with Crippen LogP contribution in [0.5, 0.6) is 23.0 Å². The molecule has 0 radical (unpaired) electrons. The van der Waals surface area contributed by atoms with Gasteiger partial charge in [-0.05, 0) is 116 Å². The fourth-order valence-corrected chi connectivity index (χ4v) is 11.6. The second-order valence-electron chi connectivity index (χ2n) is 19.1. The summed E-state index contributed by atoms with van der Waals surface area (Å²) in [5.74, 6) is 3.22. The van der Waals surface area contributed by atoms with E-state index in [2.05, 4.69) is 40.3 Å². The van der Waals surface area contributed by atoms with Crippen LogP contribution < -0.4 is 18.9 Å². The molecule has 2 fully saturated rings. The molecule has 0 unspecified atom stereocenters. The second kappa shape index (κ2) is 25.3. The van der Waals surface area contributed by atoms with Gasteiger partial charge >= 0.3 is 0 Å². The van der Waals surface area contributed by atoms with E-state index in [4.69, 9.17) is 37.9 Å². The number of aromatic nitrogens is 10. The number of nitrogens with zero attached hydrogens (tertiary/aromatic N) is 10. The highest BCUT2D eigenvalue weighted by molar-refractivity contribution is 7.91. The van der Waals surface area contributed by atoms with Crippen LogP contribution in [0.15, 0.2) is 61.2 Å². The van der Waals surface area contributed by atoms with Gasteiger partial charge in [0, 0.05) is 38.0 Å². The summed E-state index contributed by atoms with van der Waals surface area (Å²) in [5.41, 5.74) is 2.77. The predicted molar refractivity (Wildman–Crippen MR) is 280 cm³/mol. The Morgan fingerprint density at radius 3 is 1.14 bits per heavy atom. The number of hydrogen-bond acceptors (Lipinski definition) is 20. The van der Waals surface area contributed by atoms with Crippen molar-refractivity contribution in [2.75, 3.05) is 41.7 Å². The van der Waals surface area contributed by atoms with Gasteiger partial charge in [-0.1, -0.05) is 12.1 Å². The maximum Gasteiger partial charge on any atom is 0.167 e. The largest absolute Gasteiger partial charge is 0.494 e. The molecule has 2 saturated heterocycles. The van der Waals surface area contributed by atoms with Crippen molar-refractivity contribution in [3.05, 3.63) is 107 Å².